The van der Waals surface area contributed by atoms with Crippen LogP contribution in [-0.2, 0) is 9.59 Å². The number of hydrogen-bond donors (Lipinski definition) is 3. The SMILES string of the molecule is CCNC(=NCCCCN1CCC(C(N)=O)CC1)N1CCCC(CC(N)=O)C1. The number of guanidine groups is 1. The van der Waals surface area contributed by atoms with E-state index in [1.165, 1.54) is 0 Å². The first-order valence-electron chi connectivity index (χ1n) is 10.8. The highest BCUT2D eigenvalue weighted by Crippen LogP contribution is 2.19. The second-order valence-electron chi connectivity index (χ2n) is 8.09. The molecular formula is C20H38N6O2. The number of likely N-dealkylation sites (tertiary alicyclic amines) is 2. The third kappa shape index (κ3) is 7.66. The molecule has 2 aliphatic heterocycles. The lowest BCUT2D eigenvalue weighted by molar-refractivity contribution is -0.123. The van der Waals surface area contributed by atoms with Gasteiger partial charge in [0.1, 0.15) is 0 Å². The fraction of sp³-hybridized carbons (Fsp3) is 0.850. The number of rotatable bonds is 9. The van der Waals surface area contributed by atoms with E-state index >= 15 is 0 Å². The van der Waals surface area contributed by atoms with Crippen LogP contribution in [-0.4, -0.2) is 73.4 Å². The molecule has 2 amide bonds. The van der Waals surface area contributed by atoms with Crippen LogP contribution in [0.3, 0.4) is 0 Å². The average Bonchev–Trinajstić information content (AvgIpc) is 2.67. The number of carbonyl (C=O) groups excluding carboxylic acids is 2. The van der Waals surface area contributed by atoms with Gasteiger partial charge < -0.3 is 26.6 Å². The summed E-state index contributed by atoms with van der Waals surface area (Å²) >= 11 is 0. The van der Waals surface area contributed by atoms with Crippen molar-refractivity contribution in [2.24, 2.45) is 28.3 Å². The van der Waals surface area contributed by atoms with E-state index in [0.29, 0.717) is 12.3 Å². The van der Waals surface area contributed by atoms with Crippen LogP contribution in [0.15, 0.2) is 4.99 Å². The summed E-state index contributed by atoms with van der Waals surface area (Å²) in [6, 6.07) is 0. The number of primary amides is 2. The molecule has 5 N–H and O–H groups in total. The number of nitrogens with two attached hydrogens (primary N) is 2. The van der Waals surface area contributed by atoms with Crippen molar-refractivity contribution < 1.29 is 9.59 Å². The van der Waals surface area contributed by atoms with Gasteiger partial charge in [-0.15, -0.1) is 0 Å². The number of piperidine rings is 2. The normalized spacial score (nSPS) is 22.2. The van der Waals surface area contributed by atoms with E-state index in [1.807, 2.05) is 0 Å². The summed E-state index contributed by atoms with van der Waals surface area (Å²) in [5.74, 6) is 0.984. The van der Waals surface area contributed by atoms with Crippen molar-refractivity contribution in [3.63, 3.8) is 0 Å². The summed E-state index contributed by atoms with van der Waals surface area (Å²) in [7, 11) is 0. The van der Waals surface area contributed by atoms with Gasteiger partial charge in [-0.25, -0.2) is 0 Å². The standard InChI is InChI=1S/C20H38N6O2/c1-2-23-20(26-11-5-6-16(15-26)14-18(21)27)24-9-3-4-10-25-12-7-17(8-13-25)19(22)28/h16-17H,2-15H2,1H3,(H2,21,27)(H2,22,28)(H,23,24). The fourth-order valence-electron chi connectivity index (χ4n) is 4.21. The van der Waals surface area contributed by atoms with Gasteiger partial charge in [0, 0.05) is 38.5 Å². The highest BCUT2D eigenvalue weighted by molar-refractivity contribution is 5.80. The molecule has 0 aromatic carbocycles. The molecule has 2 aliphatic rings. The lowest BCUT2D eigenvalue weighted by Gasteiger charge is -2.34. The molecule has 28 heavy (non-hydrogen) atoms. The van der Waals surface area contributed by atoms with Crippen LogP contribution < -0.4 is 16.8 Å². The molecule has 0 aliphatic carbocycles. The zero-order valence-corrected chi connectivity index (χ0v) is 17.4. The second kappa shape index (κ2) is 11.9. The molecule has 8 heteroatoms. The minimum absolute atomic E-state index is 0.0615. The fourth-order valence-corrected chi connectivity index (χ4v) is 4.21. The third-order valence-electron chi connectivity index (χ3n) is 5.78. The lowest BCUT2D eigenvalue weighted by atomic mass is 9.95. The Morgan fingerprint density at radius 2 is 1.86 bits per heavy atom. The molecule has 0 bridgehead atoms. The molecule has 0 aromatic heterocycles. The van der Waals surface area contributed by atoms with E-state index in [2.05, 4.69) is 22.0 Å². The van der Waals surface area contributed by atoms with Gasteiger partial charge in [-0.2, -0.15) is 0 Å². The number of carbonyl (C=O) groups is 2. The molecule has 1 unspecified atom stereocenters. The minimum atomic E-state index is -0.214. The van der Waals surface area contributed by atoms with Gasteiger partial charge in [0.25, 0.3) is 0 Å². The first kappa shape index (κ1) is 22.5. The van der Waals surface area contributed by atoms with Gasteiger partial charge in [0.05, 0.1) is 0 Å². The van der Waals surface area contributed by atoms with Crippen molar-refractivity contribution in [2.75, 3.05) is 45.8 Å². The van der Waals surface area contributed by atoms with Crippen molar-refractivity contribution in [3.05, 3.63) is 0 Å². The van der Waals surface area contributed by atoms with Crippen LogP contribution >= 0.6 is 0 Å². The number of nitrogens with zero attached hydrogens (tertiary/aromatic N) is 3. The molecule has 2 saturated heterocycles. The maximum absolute atomic E-state index is 11.2. The predicted molar refractivity (Wildman–Crippen MR) is 112 cm³/mol. The van der Waals surface area contributed by atoms with Crippen molar-refractivity contribution in [3.8, 4) is 0 Å². The van der Waals surface area contributed by atoms with Crippen LogP contribution in [0.4, 0.5) is 0 Å². The summed E-state index contributed by atoms with van der Waals surface area (Å²) in [5.41, 5.74) is 10.8. The molecule has 8 nitrogen and oxygen atoms in total. The first-order chi connectivity index (χ1) is 13.5. The zero-order valence-electron chi connectivity index (χ0n) is 17.4. The molecule has 0 spiro atoms. The Morgan fingerprint density at radius 1 is 1.11 bits per heavy atom. The van der Waals surface area contributed by atoms with Gasteiger partial charge in [0.2, 0.25) is 11.8 Å². The summed E-state index contributed by atoms with van der Waals surface area (Å²) in [6.45, 7) is 8.54. The maximum Gasteiger partial charge on any atom is 0.220 e. The van der Waals surface area contributed by atoms with Gasteiger partial charge in [-0.05, 0) is 71.0 Å². The smallest absolute Gasteiger partial charge is 0.220 e. The Morgan fingerprint density at radius 3 is 2.50 bits per heavy atom. The Labute approximate surface area is 169 Å². The number of hydrogen-bond acceptors (Lipinski definition) is 4. The van der Waals surface area contributed by atoms with Gasteiger partial charge >= 0.3 is 0 Å². The number of aliphatic imine (C=N–C) groups is 1. The monoisotopic (exact) mass is 394 g/mol. The van der Waals surface area contributed by atoms with Gasteiger partial charge in [-0.1, -0.05) is 0 Å². The maximum atomic E-state index is 11.2. The van der Waals surface area contributed by atoms with Crippen molar-refractivity contribution in [1.29, 1.82) is 0 Å². The average molecular weight is 395 g/mol. The van der Waals surface area contributed by atoms with Crippen LogP contribution in [0.2, 0.25) is 0 Å². The van der Waals surface area contributed by atoms with Gasteiger partial charge in [0.15, 0.2) is 5.96 Å². The van der Waals surface area contributed by atoms with Crippen molar-refractivity contribution in [1.82, 2.24) is 15.1 Å². The molecule has 0 saturated carbocycles. The second-order valence-corrected chi connectivity index (χ2v) is 8.09. The van der Waals surface area contributed by atoms with Gasteiger partial charge in [-0.3, -0.25) is 14.6 Å². The van der Waals surface area contributed by atoms with E-state index in [0.717, 1.165) is 90.3 Å². The van der Waals surface area contributed by atoms with E-state index in [1.54, 1.807) is 0 Å². The Bertz CT molecular complexity index is 531. The topological polar surface area (TPSA) is 117 Å². The molecule has 1 atom stereocenters. The number of nitrogens with one attached hydrogen (secondary N) is 1. The summed E-state index contributed by atoms with van der Waals surface area (Å²) in [4.78, 5) is 32.0. The lowest BCUT2D eigenvalue weighted by Crippen LogP contribution is -2.47. The quantitative estimate of drug-likeness (QED) is 0.299. The number of amides is 2. The highest BCUT2D eigenvalue weighted by Gasteiger charge is 2.24. The summed E-state index contributed by atoms with van der Waals surface area (Å²) < 4.78 is 0. The van der Waals surface area contributed by atoms with E-state index in [-0.39, 0.29) is 17.7 Å². The minimum Gasteiger partial charge on any atom is -0.370 e. The molecule has 0 aromatic rings. The molecule has 0 radical (unpaired) electrons. The van der Waals surface area contributed by atoms with Crippen molar-refractivity contribution >= 4 is 17.8 Å². The highest BCUT2D eigenvalue weighted by atomic mass is 16.1. The van der Waals surface area contributed by atoms with E-state index < -0.39 is 0 Å². The summed E-state index contributed by atoms with van der Waals surface area (Å²) in [5, 5.41) is 3.39. The van der Waals surface area contributed by atoms with Crippen molar-refractivity contribution in [2.45, 2.75) is 51.9 Å². The van der Waals surface area contributed by atoms with Crippen LogP contribution in [0.5, 0.6) is 0 Å². The van der Waals surface area contributed by atoms with Crippen LogP contribution in [0.1, 0.15) is 51.9 Å². The third-order valence-corrected chi connectivity index (χ3v) is 5.78. The van der Waals surface area contributed by atoms with Crippen LogP contribution in [0, 0.1) is 11.8 Å². The van der Waals surface area contributed by atoms with Crippen LogP contribution in [0.25, 0.3) is 0 Å². The Kier molecular flexibility index (Phi) is 9.54. The Hall–Kier alpha value is -1.83. The zero-order chi connectivity index (χ0) is 20.4. The molecule has 2 heterocycles. The van der Waals surface area contributed by atoms with E-state index in [9.17, 15) is 9.59 Å². The largest absolute Gasteiger partial charge is 0.370 e. The molecule has 2 fully saturated rings. The molecule has 2 rings (SSSR count). The van der Waals surface area contributed by atoms with E-state index in [4.69, 9.17) is 16.5 Å². The Balaban J connectivity index is 1.71. The molecular weight excluding hydrogens is 356 g/mol. The number of unbranched alkanes of at least 4 members (excludes halogenated alkanes) is 1. The molecule has 160 valence electrons. The summed E-state index contributed by atoms with van der Waals surface area (Å²) in [6.07, 6.45) is 6.52. The first-order valence-corrected chi connectivity index (χ1v) is 10.8. The predicted octanol–water partition coefficient (Wildman–Crippen LogP) is 0.517.